The number of benzene rings is 2. The van der Waals surface area contributed by atoms with Crippen molar-refractivity contribution in [1.29, 1.82) is 0 Å². The molecule has 1 aliphatic heterocycles. The molecule has 1 fully saturated rings. The van der Waals surface area contributed by atoms with E-state index in [2.05, 4.69) is 80.2 Å². The molecule has 2 N–H and O–H groups in total. The molecule has 1 amide bonds. The zero-order valence-electron chi connectivity index (χ0n) is 22.7. The Morgan fingerprint density at radius 2 is 1.82 bits per heavy atom. The van der Waals surface area contributed by atoms with Gasteiger partial charge in [-0.25, -0.2) is 0 Å². The largest absolute Gasteiger partial charge is 0.351 e. The van der Waals surface area contributed by atoms with Crippen molar-refractivity contribution >= 4 is 50.5 Å². The lowest BCUT2D eigenvalue weighted by Crippen LogP contribution is -2.29. The number of thiocarbonyl (C=S) groups is 1. The van der Waals surface area contributed by atoms with Gasteiger partial charge >= 0.3 is 0 Å². The number of hydrogen-bond donors (Lipinski definition) is 2. The molecule has 5 rings (SSSR count). The molecule has 2 aromatic heterocycles. The number of pyridine rings is 1. The van der Waals surface area contributed by atoms with Crippen molar-refractivity contribution in [3.8, 4) is 5.69 Å². The van der Waals surface area contributed by atoms with Crippen molar-refractivity contribution in [3.05, 3.63) is 106 Å². The van der Waals surface area contributed by atoms with E-state index in [1.165, 1.54) is 5.56 Å². The van der Waals surface area contributed by atoms with Gasteiger partial charge in [0, 0.05) is 45.0 Å². The number of nitrogens with zero attached hydrogens (tertiary/aromatic N) is 3. The van der Waals surface area contributed by atoms with E-state index in [0.717, 1.165) is 44.2 Å². The smallest absolute Gasteiger partial charge is 0.226 e. The van der Waals surface area contributed by atoms with Crippen molar-refractivity contribution in [2.45, 2.75) is 46.7 Å². The summed E-state index contributed by atoms with van der Waals surface area (Å²) < 4.78 is 3.32. The molecule has 0 unspecified atom stereocenters. The molecule has 2 aromatic carbocycles. The number of hydrogen-bond acceptors (Lipinski definition) is 3. The first-order chi connectivity index (χ1) is 18.7. The molecule has 2 atom stereocenters. The minimum atomic E-state index is -0.143. The standard InChI is InChI=1S/C31H32BrN5OS/c1-18(2)30(38)34-26-13-12-24(15-19(26)3)37-29(28(35-31(37)39)27-11-6-7-14-33-27)25-16-20(4)36(21(25)5)23-10-8-9-22(32)17-23/h6-18,28-29H,1-5H3,(H,34,38)(H,35,39)/t28-,29-/m0/s1. The fourth-order valence-electron chi connectivity index (χ4n) is 5.26. The summed E-state index contributed by atoms with van der Waals surface area (Å²) in [5.74, 6) is -0.0965. The third-order valence-corrected chi connectivity index (χ3v) is 8.03. The van der Waals surface area contributed by atoms with Gasteiger partial charge < -0.3 is 20.1 Å². The Bertz CT molecular complexity index is 1550. The Labute approximate surface area is 243 Å². The van der Waals surface area contributed by atoms with E-state index in [-0.39, 0.29) is 23.9 Å². The SMILES string of the molecule is Cc1cc(N2C(=S)N[C@@H](c3ccccn3)[C@@H]2c2cc(C)n(-c3cccc(Br)c3)c2C)ccc1NC(=O)C(C)C. The predicted molar refractivity (Wildman–Crippen MR) is 166 cm³/mol. The van der Waals surface area contributed by atoms with Crippen molar-refractivity contribution in [1.82, 2.24) is 14.9 Å². The zero-order valence-corrected chi connectivity index (χ0v) is 25.1. The lowest BCUT2D eigenvalue weighted by Gasteiger charge is -2.29. The van der Waals surface area contributed by atoms with Gasteiger partial charge in [0.25, 0.3) is 0 Å². The summed E-state index contributed by atoms with van der Waals surface area (Å²) in [6.45, 7) is 10.1. The maximum Gasteiger partial charge on any atom is 0.226 e. The first-order valence-corrected chi connectivity index (χ1v) is 14.2. The normalized spacial score (nSPS) is 17.0. The van der Waals surface area contributed by atoms with Gasteiger partial charge in [0.05, 0.1) is 17.8 Å². The Balaban J connectivity index is 1.62. The second-order valence-corrected chi connectivity index (χ2v) is 11.6. The van der Waals surface area contributed by atoms with Crippen LogP contribution in [0, 0.1) is 26.7 Å². The highest BCUT2D eigenvalue weighted by atomic mass is 79.9. The van der Waals surface area contributed by atoms with Gasteiger partial charge in [-0.1, -0.05) is 41.9 Å². The number of nitrogens with one attached hydrogen (secondary N) is 2. The van der Waals surface area contributed by atoms with E-state index in [9.17, 15) is 4.79 Å². The fourth-order valence-corrected chi connectivity index (χ4v) is 6.00. The average Bonchev–Trinajstić information content (AvgIpc) is 3.40. The summed E-state index contributed by atoms with van der Waals surface area (Å²) in [5, 5.41) is 7.24. The maximum atomic E-state index is 12.3. The Kier molecular flexibility index (Phi) is 7.60. The van der Waals surface area contributed by atoms with Crippen LogP contribution in [0.15, 0.2) is 77.4 Å². The van der Waals surface area contributed by atoms with Crippen LogP contribution in [-0.2, 0) is 4.79 Å². The lowest BCUT2D eigenvalue weighted by atomic mass is 9.96. The number of aromatic nitrogens is 2. The molecule has 4 aromatic rings. The number of amides is 1. The quantitative estimate of drug-likeness (QED) is 0.226. The van der Waals surface area contributed by atoms with E-state index in [4.69, 9.17) is 17.2 Å². The highest BCUT2D eigenvalue weighted by Gasteiger charge is 2.42. The molecule has 1 aliphatic rings. The van der Waals surface area contributed by atoms with E-state index >= 15 is 0 Å². The molecule has 8 heteroatoms. The summed E-state index contributed by atoms with van der Waals surface area (Å²) in [5.41, 5.74) is 8.23. The van der Waals surface area contributed by atoms with Crippen LogP contribution in [0.5, 0.6) is 0 Å². The summed E-state index contributed by atoms with van der Waals surface area (Å²) in [4.78, 5) is 19.2. The van der Waals surface area contributed by atoms with Gasteiger partial charge in [-0.05, 0) is 98.7 Å². The van der Waals surface area contributed by atoms with Gasteiger partial charge in [0.2, 0.25) is 5.91 Å². The summed E-state index contributed by atoms with van der Waals surface area (Å²) in [6.07, 6.45) is 1.82. The number of carbonyl (C=O) groups is 1. The second-order valence-electron chi connectivity index (χ2n) is 10.3. The average molecular weight is 603 g/mol. The second kappa shape index (κ2) is 10.9. The van der Waals surface area contributed by atoms with E-state index in [1.807, 2.05) is 63.4 Å². The van der Waals surface area contributed by atoms with E-state index < -0.39 is 0 Å². The van der Waals surface area contributed by atoms with Gasteiger partial charge in [-0.3, -0.25) is 9.78 Å². The Hall–Kier alpha value is -3.49. The summed E-state index contributed by atoms with van der Waals surface area (Å²) in [7, 11) is 0. The zero-order chi connectivity index (χ0) is 27.8. The number of carbonyl (C=O) groups excluding carboxylic acids is 1. The van der Waals surface area contributed by atoms with Crippen LogP contribution < -0.4 is 15.5 Å². The minimum absolute atomic E-state index is 0.00251. The van der Waals surface area contributed by atoms with Crippen molar-refractivity contribution in [3.63, 3.8) is 0 Å². The molecule has 6 nitrogen and oxygen atoms in total. The highest BCUT2D eigenvalue weighted by Crippen LogP contribution is 2.44. The van der Waals surface area contributed by atoms with Gasteiger partial charge in [-0.2, -0.15) is 0 Å². The number of halogens is 1. The van der Waals surface area contributed by atoms with Crippen LogP contribution in [0.2, 0.25) is 0 Å². The summed E-state index contributed by atoms with van der Waals surface area (Å²) >= 11 is 9.58. The lowest BCUT2D eigenvalue weighted by molar-refractivity contribution is -0.118. The number of rotatable bonds is 6. The molecule has 0 radical (unpaired) electrons. The third-order valence-electron chi connectivity index (χ3n) is 7.22. The Morgan fingerprint density at radius 1 is 1.03 bits per heavy atom. The first kappa shape index (κ1) is 27.1. The van der Waals surface area contributed by atoms with Crippen LogP contribution in [0.4, 0.5) is 11.4 Å². The van der Waals surface area contributed by atoms with Crippen molar-refractivity contribution in [2.75, 3.05) is 10.2 Å². The topological polar surface area (TPSA) is 62.2 Å². The first-order valence-electron chi connectivity index (χ1n) is 13.0. The molecule has 0 aliphatic carbocycles. The van der Waals surface area contributed by atoms with Crippen LogP contribution >= 0.6 is 28.1 Å². The Morgan fingerprint density at radius 3 is 2.49 bits per heavy atom. The molecular formula is C31H32BrN5OS. The molecule has 1 saturated heterocycles. The molecular weight excluding hydrogens is 570 g/mol. The molecule has 0 bridgehead atoms. The fraction of sp³-hybridized carbons (Fsp3) is 0.258. The van der Waals surface area contributed by atoms with Gasteiger partial charge in [-0.15, -0.1) is 0 Å². The van der Waals surface area contributed by atoms with Crippen molar-refractivity contribution < 1.29 is 4.79 Å². The van der Waals surface area contributed by atoms with Crippen LogP contribution in [-0.4, -0.2) is 20.6 Å². The molecule has 39 heavy (non-hydrogen) atoms. The van der Waals surface area contributed by atoms with E-state index in [0.29, 0.717) is 5.11 Å². The van der Waals surface area contributed by atoms with Crippen molar-refractivity contribution in [2.24, 2.45) is 5.92 Å². The van der Waals surface area contributed by atoms with Crippen LogP contribution in [0.25, 0.3) is 5.69 Å². The molecule has 0 saturated carbocycles. The highest BCUT2D eigenvalue weighted by molar-refractivity contribution is 9.10. The number of aryl methyl sites for hydroxylation is 2. The van der Waals surface area contributed by atoms with Crippen LogP contribution in [0.1, 0.15) is 54.1 Å². The predicted octanol–water partition coefficient (Wildman–Crippen LogP) is 7.33. The summed E-state index contributed by atoms with van der Waals surface area (Å²) in [6, 6.07) is 22.4. The van der Waals surface area contributed by atoms with E-state index in [1.54, 1.807) is 0 Å². The van der Waals surface area contributed by atoms with Crippen LogP contribution in [0.3, 0.4) is 0 Å². The maximum absolute atomic E-state index is 12.3. The van der Waals surface area contributed by atoms with Gasteiger partial charge in [0.1, 0.15) is 0 Å². The monoisotopic (exact) mass is 601 g/mol. The van der Waals surface area contributed by atoms with Gasteiger partial charge in [0.15, 0.2) is 5.11 Å². The molecule has 0 spiro atoms. The molecule has 200 valence electrons. The molecule has 3 heterocycles. The number of anilines is 2. The third kappa shape index (κ3) is 5.23. The minimum Gasteiger partial charge on any atom is -0.351 e.